The van der Waals surface area contributed by atoms with E-state index in [9.17, 15) is 24.3 Å². The lowest BCUT2D eigenvalue weighted by molar-refractivity contribution is -0.123. The lowest BCUT2D eigenvalue weighted by atomic mass is 9.59. The second-order valence-electron chi connectivity index (χ2n) is 10.4. The number of allylic oxidation sites excluding steroid dienone is 7. The molecule has 6 heteroatoms. The van der Waals surface area contributed by atoms with Gasteiger partial charge in [0.2, 0.25) is 11.8 Å². The van der Waals surface area contributed by atoms with Crippen LogP contribution in [-0.2, 0) is 25.6 Å². The fraction of sp³-hybridized carbons (Fsp3) is 0.250. The number of ketones is 2. The van der Waals surface area contributed by atoms with Gasteiger partial charge in [-0.15, -0.1) is 6.58 Å². The molecule has 190 valence electrons. The number of Topliss-reactive ketones (excluding diaryl/α,β-unsaturated/α-hetero) is 1. The Balaban J connectivity index is 1.52. The van der Waals surface area contributed by atoms with E-state index < -0.39 is 23.7 Å². The SMILES string of the molecule is C=CCc1cccc(C2C3=CCC4C(=O)N(c5ccccc5)C(=O)C4C3CC3=C2C(=O)C(C)=CC3=O)c1O. The molecule has 1 heterocycles. The van der Waals surface area contributed by atoms with E-state index in [-0.39, 0.29) is 35.6 Å². The molecule has 4 aliphatic rings. The molecule has 1 saturated heterocycles. The largest absolute Gasteiger partial charge is 0.507 e. The number of para-hydroxylation sites is 2. The van der Waals surface area contributed by atoms with Crippen LogP contribution in [0.15, 0.2) is 95.6 Å². The summed E-state index contributed by atoms with van der Waals surface area (Å²) >= 11 is 0. The predicted molar refractivity (Wildman–Crippen MR) is 142 cm³/mol. The van der Waals surface area contributed by atoms with Crippen molar-refractivity contribution in [2.75, 3.05) is 4.90 Å². The topological polar surface area (TPSA) is 91.8 Å². The molecule has 1 fully saturated rings. The van der Waals surface area contributed by atoms with Crippen molar-refractivity contribution in [2.45, 2.75) is 32.1 Å². The zero-order chi connectivity index (χ0) is 26.7. The van der Waals surface area contributed by atoms with Gasteiger partial charge in [0.05, 0.1) is 17.5 Å². The van der Waals surface area contributed by atoms with Crippen molar-refractivity contribution in [1.82, 2.24) is 0 Å². The summed E-state index contributed by atoms with van der Waals surface area (Å²) in [5.74, 6) is -3.23. The number of imide groups is 1. The van der Waals surface area contributed by atoms with Crippen LogP contribution in [-0.4, -0.2) is 28.5 Å². The maximum absolute atomic E-state index is 13.9. The first-order valence-corrected chi connectivity index (χ1v) is 12.9. The smallest absolute Gasteiger partial charge is 0.238 e. The molecule has 0 spiro atoms. The van der Waals surface area contributed by atoms with Gasteiger partial charge in [-0.2, -0.15) is 0 Å². The number of aromatic hydroxyl groups is 1. The quantitative estimate of drug-likeness (QED) is 0.368. The number of phenols is 1. The van der Waals surface area contributed by atoms with Gasteiger partial charge in [0.25, 0.3) is 0 Å². The molecule has 4 unspecified atom stereocenters. The number of anilines is 1. The van der Waals surface area contributed by atoms with Crippen molar-refractivity contribution in [3.63, 3.8) is 0 Å². The van der Waals surface area contributed by atoms with Crippen LogP contribution >= 0.6 is 0 Å². The Hall–Kier alpha value is -4.32. The third-order valence-electron chi connectivity index (χ3n) is 8.41. The van der Waals surface area contributed by atoms with Gasteiger partial charge >= 0.3 is 0 Å². The molecular formula is C32H27NO5. The Kier molecular flexibility index (Phi) is 5.64. The van der Waals surface area contributed by atoms with Gasteiger partial charge < -0.3 is 5.11 Å². The van der Waals surface area contributed by atoms with Crippen LogP contribution < -0.4 is 4.90 Å². The zero-order valence-corrected chi connectivity index (χ0v) is 21.0. The van der Waals surface area contributed by atoms with Crippen molar-refractivity contribution in [3.8, 4) is 5.75 Å². The number of amides is 2. The third kappa shape index (κ3) is 3.40. The van der Waals surface area contributed by atoms with E-state index >= 15 is 0 Å². The van der Waals surface area contributed by atoms with Crippen LogP contribution in [0.4, 0.5) is 5.69 Å². The van der Waals surface area contributed by atoms with Gasteiger partial charge in [-0.1, -0.05) is 54.1 Å². The van der Waals surface area contributed by atoms with Crippen LogP contribution in [0.3, 0.4) is 0 Å². The Morgan fingerprint density at radius 3 is 2.50 bits per heavy atom. The highest BCUT2D eigenvalue weighted by Crippen LogP contribution is 2.56. The number of carbonyl (C=O) groups is 4. The summed E-state index contributed by atoms with van der Waals surface area (Å²) in [4.78, 5) is 55.4. The Morgan fingerprint density at radius 2 is 1.76 bits per heavy atom. The van der Waals surface area contributed by atoms with E-state index in [0.29, 0.717) is 46.4 Å². The molecule has 6 nitrogen and oxygen atoms in total. The second kappa shape index (κ2) is 8.91. The van der Waals surface area contributed by atoms with E-state index in [0.717, 1.165) is 5.57 Å². The van der Waals surface area contributed by atoms with Crippen LogP contribution in [0.1, 0.15) is 36.8 Å². The molecule has 6 rings (SSSR count). The van der Waals surface area contributed by atoms with Crippen LogP contribution in [0, 0.1) is 17.8 Å². The number of nitrogens with zero attached hydrogens (tertiary/aromatic N) is 1. The minimum Gasteiger partial charge on any atom is -0.507 e. The number of hydrogen-bond acceptors (Lipinski definition) is 5. The molecule has 1 N–H and O–H groups in total. The molecule has 4 atom stereocenters. The number of rotatable bonds is 4. The lowest BCUT2D eigenvalue weighted by Gasteiger charge is -2.42. The molecule has 0 aromatic heterocycles. The van der Waals surface area contributed by atoms with Gasteiger partial charge in [0.15, 0.2) is 11.6 Å². The molecule has 0 bridgehead atoms. The lowest BCUT2D eigenvalue weighted by Crippen LogP contribution is -2.39. The minimum atomic E-state index is -0.678. The van der Waals surface area contributed by atoms with E-state index in [4.69, 9.17) is 0 Å². The minimum absolute atomic E-state index is 0.0557. The van der Waals surface area contributed by atoms with Gasteiger partial charge in [-0.05, 0) is 55.9 Å². The summed E-state index contributed by atoms with van der Waals surface area (Å²) in [6, 6.07) is 14.3. The molecule has 0 radical (unpaired) electrons. The van der Waals surface area contributed by atoms with E-state index in [1.165, 1.54) is 11.0 Å². The number of carbonyl (C=O) groups excluding carboxylic acids is 4. The van der Waals surface area contributed by atoms with Crippen LogP contribution in [0.5, 0.6) is 5.75 Å². The average Bonchev–Trinajstić information content (AvgIpc) is 3.18. The highest BCUT2D eigenvalue weighted by Gasteiger charge is 2.56. The summed E-state index contributed by atoms with van der Waals surface area (Å²) in [6.45, 7) is 5.40. The van der Waals surface area contributed by atoms with E-state index in [1.54, 1.807) is 49.4 Å². The highest BCUT2D eigenvalue weighted by molar-refractivity contribution is 6.25. The molecule has 2 aromatic carbocycles. The summed E-state index contributed by atoms with van der Waals surface area (Å²) in [7, 11) is 0. The van der Waals surface area contributed by atoms with Crippen molar-refractivity contribution >= 4 is 29.1 Å². The maximum atomic E-state index is 13.9. The molecule has 2 amide bonds. The van der Waals surface area contributed by atoms with Gasteiger partial charge in [0.1, 0.15) is 5.75 Å². The van der Waals surface area contributed by atoms with Gasteiger partial charge in [-0.25, -0.2) is 0 Å². The monoisotopic (exact) mass is 505 g/mol. The molecule has 38 heavy (non-hydrogen) atoms. The fourth-order valence-corrected chi connectivity index (χ4v) is 6.71. The van der Waals surface area contributed by atoms with Crippen molar-refractivity contribution < 1.29 is 24.3 Å². The zero-order valence-electron chi connectivity index (χ0n) is 21.0. The first-order chi connectivity index (χ1) is 18.3. The fourth-order valence-electron chi connectivity index (χ4n) is 6.71. The predicted octanol–water partition coefficient (Wildman–Crippen LogP) is 4.75. The van der Waals surface area contributed by atoms with E-state index in [2.05, 4.69) is 6.58 Å². The second-order valence-corrected chi connectivity index (χ2v) is 10.4. The molecular weight excluding hydrogens is 478 g/mol. The first kappa shape index (κ1) is 24.0. The number of hydrogen-bond donors (Lipinski definition) is 1. The number of phenolic OH excluding ortho intramolecular Hbond substituents is 1. The average molecular weight is 506 g/mol. The molecule has 3 aliphatic carbocycles. The summed E-state index contributed by atoms with van der Waals surface area (Å²) in [6.07, 6.45) is 6.02. The molecule has 0 saturated carbocycles. The Morgan fingerprint density at radius 1 is 1.00 bits per heavy atom. The van der Waals surface area contributed by atoms with Gasteiger partial charge in [-0.3, -0.25) is 24.1 Å². The summed E-state index contributed by atoms with van der Waals surface area (Å²) < 4.78 is 0. The highest BCUT2D eigenvalue weighted by atomic mass is 16.3. The van der Waals surface area contributed by atoms with Crippen molar-refractivity contribution in [1.29, 1.82) is 0 Å². The first-order valence-electron chi connectivity index (χ1n) is 12.9. The summed E-state index contributed by atoms with van der Waals surface area (Å²) in [5.41, 5.74) is 3.65. The number of fused-ring (bicyclic) bond motifs is 3. The van der Waals surface area contributed by atoms with Gasteiger partial charge in [0, 0.05) is 28.2 Å². The molecule has 2 aromatic rings. The van der Waals surface area contributed by atoms with E-state index in [1.807, 2.05) is 18.2 Å². The Bertz CT molecular complexity index is 1530. The third-order valence-corrected chi connectivity index (χ3v) is 8.41. The van der Waals surface area contributed by atoms with Crippen molar-refractivity contribution in [3.05, 3.63) is 107 Å². The number of benzene rings is 2. The Labute approximate surface area is 220 Å². The van der Waals surface area contributed by atoms with Crippen LogP contribution in [0.2, 0.25) is 0 Å². The summed E-state index contributed by atoms with van der Waals surface area (Å²) in [5, 5.41) is 11.3. The molecule has 1 aliphatic heterocycles. The standard InChI is InChI=1S/C32H27NO5/c1-3-8-18-9-7-12-21(30(18)36)26-20-13-14-22-27(32(38)33(31(22)37)19-10-5-4-6-11-19)23(20)16-24-25(34)15-17(2)29(35)28(24)26/h3-7,9-13,15,22-23,26-27,36H,1,8,14,16H2,2H3. The van der Waals surface area contributed by atoms with Crippen LogP contribution in [0.25, 0.3) is 0 Å². The maximum Gasteiger partial charge on any atom is 0.238 e. The normalized spacial score (nSPS) is 26.5. The van der Waals surface area contributed by atoms with Crippen molar-refractivity contribution in [2.24, 2.45) is 17.8 Å².